The molecule has 3 atom stereocenters. The number of amides is 3. The zero-order chi connectivity index (χ0) is 30.3. The first kappa shape index (κ1) is 29.3. The molecule has 5 rings (SSSR count). The summed E-state index contributed by atoms with van der Waals surface area (Å²) < 4.78 is 29.2. The van der Waals surface area contributed by atoms with Gasteiger partial charge in [-0.2, -0.15) is 0 Å². The van der Waals surface area contributed by atoms with Gasteiger partial charge >= 0.3 is 11.8 Å². The van der Waals surface area contributed by atoms with Crippen molar-refractivity contribution >= 4 is 28.9 Å². The van der Waals surface area contributed by atoms with Crippen LogP contribution in [-0.2, 0) is 27.9 Å². The lowest BCUT2D eigenvalue weighted by Gasteiger charge is -2.36. The van der Waals surface area contributed by atoms with Crippen LogP contribution in [0.25, 0.3) is 11.0 Å². The number of aromatic nitrogens is 2. The number of fused-ring (bicyclic) bond motifs is 1. The molecule has 0 aliphatic carbocycles. The van der Waals surface area contributed by atoms with Crippen molar-refractivity contribution in [2.24, 2.45) is 7.05 Å². The van der Waals surface area contributed by atoms with E-state index in [0.29, 0.717) is 35.3 Å². The van der Waals surface area contributed by atoms with Gasteiger partial charge in [0.15, 0.2) is 0 Å². The van der Waals surface area contributed by atoms with E-state index in [2.05, 4.69) is 0 Å². The molecule has 0 radical (unpaired) electrons. The maximum Gasteiger partial charge on any atom is 0.410 e. The Kier molecular flexibility index (Phi) is 7.87. The fourth-order valence-corrected chi connectivity index (χ4v) is 5.96. The van der Waals surface area contributed by atoms with Crippen LogP contribution in [0.15, 0.2) is 47.3 Å². The molecule has 2 saturated heterocycles. The SMILES string of the molecule is COc1ccc(CN2C(=O)CCC(n3c(=O)n(C)c4c([C@@H]5CCN(C(=O)OC(C)(C)C)C[C@H]5F)cccc43)C2=O)cc1. The number of hydrogen-bond acceptors (Lipinski definition) is 6. The van der Waals surface area contributed by atoms with E-state index in [4.69, 9.17) is 9.47 Å². The number of carbonyl (C=O) groups excluding carboxylic acids is 3. The number of imide groups is 1. The molecule has 0 saturated carbocycles. The second kappa shape index (κ2) is 11.3. The normalized spacial score (nSPS) is 21.6. The second-order valence-corrected chi connectivity index (χ2v) is 12.0. The number of nitrogens with zero attached hydrogens (tertiary/aromatic N) is 4. The van der Waals surface area contributed by atoms with Crippen LogP contribution in [0.3, 0.4) is 0 Å². The standard InChI is InChI=1S/C31H37FN4O6/c1-31(2,3)42-30(40)34-16-15-21(23(32)18-34)22-7-6-8-24-27(22)33(4)29(39)36(24)25-13-14-26(37)35(28(25)38)17-19-9-11-20(41-5)12-10-19/h6-12,21,23,25H,13-18H2,1-5H3/t21-,23+,25?/m0/s1. The van der Waals surface area contributed by atoms with Crippen molar-refractivity contribution in [1.29, 1.82) is 0 Å². The largest absolute Gasteiger partial charge is 0.497 e. The molecule has 3 heterocycles. The molecule has 0 N–H and O–H groups in total. The van der Waals surface area contributed by atoms with Crippen LogP contribution < -0.4 is 10.4 Å². The van der Waals surface area contributed by atoms with Gasteiger partial charge in [-0.3, -0.25) is 23.6 Å². The Morgan fingerprint density at radius 3 is 2.40 bits per heavy atom. The molecule has 3 amide bonds. The number of halogens is 1. The fraction of sp³-hybridized carbons (Fsp3) is 0.484. The number of piperidine rings is 2. The Balaban J connectivity index is 1.43. The highest BCUT2D eigenvalue weighted by molar-refractivity contribution is 6.00. The van der Waals surface area contributed by atoms with E-state index in [0.717, 1.165) is 5.56 Å². The van der Waals surface area contributed by atoms with Crippen molar-refractivity contribution in [3.63, 3.8) is 0 Å². The highest BCUT2D eigenvalue weighted by atomic mass is 19.1. The highest BCUT2D eigenvalue weighted by Gasteiger charge is 2.39. The fourth-order valence-electron chi connectivity index (χ4n) is 5.96. The van der Waals surface area contributed by atoms with Crippen LogP contribution in [-0.4, -0.2) is 68.8 Å². The first-order chi connectivity index (χ1) is 19.9. The van der Waals surface area contributed by atoms with Crippen molar-refractivity contribution in [2.45, 2.75) is 70.3 Å². The van der Waals surface area contributed by atoms with Crippen molar-refractivity contribution < 1.29 is 28.2 Å². The lowest BCUT2D eigenvalue weighted by Crippen LogP contribution is -2.47. The van der Waals surface area contributed by atoms with Crippen molar-refractivity contribution in [3.05, 3.63) is 64.1 Å². The van der Waals surface area contributed by atoms with Crippen molar-refractivity contribution in [2.75, 3.05) is 20.2 Å². The van der Waals surface area contributed by atoms with Gasteiger partial charge in [0.25, 0.3) is 5.91 Å². The van der Waals surface area contributed by atoms with E-state index >= 15 is 4.39 Å². The second-order valence-electron chi connectivity index (χ2n) is 12.0. The van der Waals surface area contributed by atoms with Crippen molar-refractivity contribution in [1.82, 2.24) is 18.9 Å². The van der Waals surface area contributed by atoms with Gasteiger partial charge in [0, 0.05) is 25.9 Å². The third-order valence-corrected chi connectivity index (χ3v) is 8.02. The molecular formula is C31H37FN4O6. The van der Waals surface area contributed by atoms with Gasteiger partial charge in [0.05, 0.1) is 31.2 Å². The summed E-state index contributed by atoms with van der Waals surface area (Å²) in [6.45, 7) is 5.58. The minimum atomic E-state index is -1.37. The summed E-state index contributed by atoms with van der Waals surface area (Å²) in [6.07, 6.45) is -1.26. The van der Waals surface area contributed by atoms with Crippen LogP contribution in [0.1, 0.15) is 63.1 Å². The van der Waals surface area contributed by atoms with Gasteiger partial charge < -0.3 is 14.4 Å². The molecule has 2 aliphatic heterocycles. The van der Waals surface area contributed by atoms with Gasteiger partial charge in [-0.1, -0.05) is 24.3 Å². The van der Waals surface area contributed by atoms with E-state index in [9.17, 15) is 19.2 Å². The summed E-state index contributed by atoms with van der Waals surface area (Å²) in [4.78, 5) is 55.3. The summed E-state index contributed by atoms with van der Waals surface area (Å²) >= 11 is 0. The summed E-state index contributed by atoms with van der Waals surface area (Å²) in [5, 5.41) is 0. The van der Waals surface area contributed by atoms with E-state index < -0.39 is 41.4 Å². The third kappa shape index (κ3) is 5.52. The monoisotopic (exact) mass is 580 g/mol. The average molecular weight is 581 g/mol. The Hall–Kier alpha value is -4.15. The number of hydrogen-bond donors (Lipinski definition) is 0. The number of para-hydroxylation sites is 1. The van der Waals surface area contributed by atoms with Crippen LogP contribution in [0, 0.1) is 0 Å². The first-order valence-corrected chi connectivity index (χ1v) is 14.2. The van der Waals surface area contributed by atoms with Gasteiger partial charge in [0.2, 0.25) is 5.91 Å². The van der Waals surface area contributed by atoms with Crippen molar-refractivity contribution in [3.8, 4) is 5.75 Å². The quantitative estimate of drug-likeness (QED) is 0.417. The number of aryl methyl sites for hydroxylation is 1. The highest BCUT2D eigenvalue weighted by Crippen LogP contribution is 2.36. The van der Waals surface area contributed by atoms with E-state index in [1.165, 1.54) is 18.9 Å². The van der Waals surface area contributed by atoms with Crippen LogP contribution >= 0.6 is 0 Å². The molecule has 1 aromatic heterocycles. The Labute approximate surface area is 243 Å². The molecule has 224 valence electrons. The molecule has 10 nitrogen and oxygen atoms in total. The maximum atomic E-state index is 15.7. The summed E-state index contributed by atoms with van der Waals surface area (Å²) in [7, 11) is 3.17. The lowest BCUT2D eigenvalue weighted by atomic mass is 9.87. The summed E-state index contributed by atoms with van der Waals surface area (Å²) in [5.41, 5.74) is 1.38. The number of carbonyl (C=O) groups is 3. The van der Waals surface area contributed by atoms with Gasteiger partial charge in [0.1, 0.15) is 23.6 Å². The maximum absolute atomic E-state index is 15.7. The third-order valence-electron chi connectivity index (χ3n) is 8.02. The Morgan fingerprint density at radius 1 is 1.05 bits per heavy atom. The topological polar surface area (TPSA) is 103 Å². The van der Waals surface area contributed by atoms with E-state index in [1.807, 2.05) is 0 Å². The minimum absolute atomic E-state index is 0.0860. The Morgan fingerprint density at radius 2 is 1.76 bits per heavy atom. The van der Waals surface area contributed by atoms with Crippen LogP contribution in [0.5, 0.6) is 5.75 Å². The number of benzene rings is 2. The molecule has 1 unspecified atom stereocenters. The molecule has 0 bridgehead atoms. The molecular weight excluding hydrogens is 543 g/mol. The molecule has 2 fully saturated rings. The average Bonchev–Trinajstić information content (AvgIpc) is 3.20. The van der Waals surface area contributed by atoms with Gasteiger partial charge in [-0.25, -0.2) is 14.0 Å². The number of likely N-dealkylation sites (tertiary alicyclic amines) is 2. The first-order valence-electron chi connectivity index (χ1n) is 14.2. The predicted molar refractivity (Wildman–Crippen MR) is 154 cm³/mol. The smallest absolute Gasteiger partial charge is 0.410 e. The minimum Gasteiger partial charge on any atom is -0.497 e. The molecule has 0 spiro atoms. The van der Waals surface area contributed by atoms with E-state index in [-0.39, 0.29) is 31.8 Å². The van der Waals surface area contributed by atoms with E-state index in [1.54, 1.807) is 77.4 Å². The summed E-state index contributed by atoms with van der Waals surface area (Å²) in [6, 6.07) is 11.5. The number of methoxy groups -OCH3 is 1. The predicted octanol–water partition coefficient (Wildman–Crippen LogP) is 4.30. The zero-order valence-corrected chi connectivity index (χ0v) is 24.6. The number of rotatable bonds is 5. The number of imidazole rings is 1. The molecule has 3 aromatic rings. The zero-order valence-electron chi connectivity index (χ0n) is 24.6. The molecule has 42 heavy (non-hydrogen) atoms. The number of ether oxygens (including phenoxy) is 2. The molecule has 11 heteroatoms. The van der Waals surface area contributed by atoms with Crippen LogP contribution in [0.2, 0.25) is 0 Å². The van der Waals surface area contributed by atoms with Crippen LogP contribution in [0.4, 0.5) is 9.18 Å². The summed E-state index contributed by atoms with van der Waals surface area (Å²) in [5.74, 6) is -0.629. The lowest BCUT2D eigenvalue weighted by molar-refractivity contribution is -0.151. The number of alkyl halides is 1. The Bertz CT molecular complexity index is 1570. The molecule has 2 aliphatic rings. The van der Waals surface area contributed by atoms with Gasteiger partial charge in [-0.15, -0.1) is 0 Å². The molecule has 2 aromatic carbocycles. The van der Waals surface area contributed by atoms with Gasteiger partial charge in [-0.05, 0) is 62.9 Å².